The molecule has 0 spiro atoms. The molecule has 0 saturated carbocycles. The lowest BCUT2D eigenvalue weighted by molar-refractivity contribution is -0.156. The lowest BCUT2D eigenvalue weighted by atomic mass is 9.97. The number of carbonyl (C=O) groups excluding carboxylic acids is 2. The van der Waals surface area contributed by atoms with Crippen molar-refractivity contribution in [1.82, 2.24) is 0 Å². The predicted molar refractivity (Wildman–Crippen MR) is 70.3 cm³/mol. The number of carbonyl (C=O) groups is 2. The van der Waals surface area contributed by atoms with Crippen LogP contribution in [0.5, 0.6) is 0 Å². The Morgan fingerprint density at radius 1 is 1.16 bits per heavy atom. The van der Waals surface area contributed by atoms with Crippen LogP contribution >= 0.6 is 0 Å². The van der Waals surface area contributed by atoms with Crippen LogP contribution in [0.3, 0.4) is 0 Å². The van der Waals surface area contributed by atoms with Crippen molar-refractivity contribution in [2.75, 3.05) is 13.2 Å². The Labute approximate surface area is 112 Å². The van der Waals surface area contributed by atoms with Gasteiger partial charge in [-0.25, -0.2) is 0 Å². The van der Waals surface area contributed by atoms with E-state index in [0.717, 1.165) is 5.56 Å². The van der Waals surface area contributed by atoms with Crippen LogP contribution in [-0.2, 0) is 25.6 Å². The Bertz CT molecular complexity index is 427. The third kappa shape index (κ3) is 4.06. The van der Waals surface area contributed by atoms with E-state index >= 15 is 0 Å². The molecule has 0 aliphatic carbocycles. The van der Waals surface area contributed by atoms with Crippen molar-refractivity contribution in [3.8, 4) is 0 Å². The molecule has 0 amide bonds. The number of rotatable bonds is 6. The topological polar surface area (TPSA) is 78.6 Å². The van der Waals surface area contributed by atoms with Gasteiger partial charge in [0, 0.05) is 6.54 Å². The van der Waals surface area contributed by atoms with Crippen LogP contribution in [0.25, 0.3) is 0 Å². The van der Waals surface area contributed by atoms with Crippen LogP contribution in [0, 0.1) is 0 Å². The largest absolute Gasteiger partial charge is 0.465 e. The molecule has 0 atom stereocenters. The summed E-state index contributed by atoms with van der Waals surface area (Å²) in [5.74, 6) is -2.25. The fraction of sp³-hybridized carbons (Fsp3) is 0.429. The van der Waals surface area contributed by atoms with E-state index in [1.165, 1.54) is 0 Å². The number of ether oxygens (including phenoxy) is 2. The van der Waals surface area contributed by atoms with E-state index in [1.807, 2.05) is 6.07 Å². The second kappa shape index (κ2) is 7.53. The monoisotopic (exact) mass is 265 g/mol. The summed E-state index contributed by atoms with van der Waals surface area (Å²) in [6, 6.07) is 7.00. The maximum atomic E-state index is 11.9. The molecule has 0 unspecified atom stereocenters. The van der Waals surface area contributed by atoms with Gasteiger partial charge in [-0.2, -0.15) is 0 Å². The molecule has 5 heteroatoms. The first kappa shape index (κ1) is 15.2. The Hall–Kier alpha value is -1.88. The van der Waals surface area contributed by atoms with Crippen molar-refractivity contribution in [2.45, 2.75) is 26.3 Å². The van der Waals surface area contributed by atoms with E-state index in [4.69, 9.17) is 15.2 Å². The predicted octanol–water partition coefficient (Wildman–Crippen LogP) is 1.36. The zero-order chi connectivity index (χ0) is 14.3. The van der Waals surface area contributed by atoms with Gasteiger partial charge in [-0.15, -0.1) is 0 Å². The molecule has 0 radical (unpaired) electrons. The van der Waals surface area contributed by atoms with E-state index in [-0.39, 0.29) is 13.2 Å². The first-order valence-corrected chi connectivity index (χ1v) is 6.26. The Balaban J connectivity index is 3.07. The summed E-state index contributed by atoms with van der Waals surface area (Å²) in [4.78, 5) is 23.8. The van der Waals surface area contributed by atoms with Gasteiger partial charge in [-0.05, 0) is 25.0 Å². The minimum atomic E-state index is -1.05. The van der Waals surface area contributed by atoms with Crippen LogP contribution in [0.1, 0.15) is 30.9 Å². The molecule has 0 bridgehead atoms. The molecule has 0 fully saturated rings. The Morgan fingerprint density at radius 2 is 1.74 bits per heavy atom. The smallest absolute Gasteiger partial charge is 0.324 e. The molecule has 1 aromatic carbocycles. The molecule has 0 aliphatic rings. The van der Waals surface area contributed by atoms with Gasteiger partial charge in [-0.1, -0.05) is 24.3 Å². The molecule has 0 aromatic heterocycles. The second-order valence-corrected chi connectivity index (χ2v) is 3.89. The number of hydrogen-bond donors (Lipinski definition) is 1. The fourth-order valence-corrected chi connectivity index (χ4v) is 1.72. The lowest BCUT2D eigenvalue weighted by Gasteiger charge is -2.15. The van der Waals surface area contributed by atoms with E-state index in [0.29, 0.717) is 12.1 Å². The van der Waals surface area contributed by atoms with E-state index < -0.39 is 17.9 Å². The Kier molecular flexibility index (Phi) is 6.02. The first-order valence-electron chi connectivity index (χ1n) is 6.26. The van der Waals surface area contributed by atoms with Gasteiger partial charge in [-0.3, -0.25) is 9.59 Å². The molecule has 0 saturated heterocycles. The van der Waals surface area contributed by atoms with Crippen molar-refractivity contribution < 1.29 is 19.1 Å². The highest BCUT2D eigenvalue weighted by atomic mass is 16.6. The van der Waals surface area contributed by atoms with Crippen molar-refractivity contribution in [2.24, 2.45) is 5.73 Å². The molecule has 0 aliphatic heterocycles. The summed E-state index contributed by atoms with van der Waals surface area (Å²) in [5.41, 5.74) is 6.94. The van der Waals surface area contributed by atoms with Gasteiger partial charge in [0.2, 0.25) is 0 Å². The fourth-order valence-electron chi connectivity index (χ4n) is 1.72. The quantitative estimate of drug-likeness (QED) is 0.620. The van der Waals surface area contributed by atoms with Crippen LogP contribution in [0.2, 0.25) is 0 Å². The third-order valence-electron chi connectivity index (χ3n) is 2.56. The SMILES string of the molecule is CCOC(=O)C(C(=O)OCC)c1cccc(CN)c1. The first-order chi connectivity index (χ1) is 9.13. The number of benzene rings is 1. The van der Waals surface area contributed by atoms with Crippen molar-refractivity contribution in [1.29, 1.82) is 0 Å². The minimum Gasteiger partial charge on any atom is -0.465 e. The highest BCUT2D eigenvalue weighted by Crippen LogP contribution is 2.20. The molecule has 2 N–H and O–H groups in total. The zero-order valence-electron chi connectivity index (χ0n) is 11.2. The maximum absolute atomic E-state index is 11.9. The summed E-state index contributed by atoms with van der Waals surface area (Å²) in [6.07, 6.45) is 0. The van der Waals surface area contributed by atoms with E-state index in [9.17, 15) is 9.59 Å². The molecular formula is C14H19NO4. The lowest BCUT2D eigenvalue weighted by Crippen LogP contribution is -2.26. The molecule has 1 rings (SSSR count). The number of hydrogen-bond acceptors (Lipinski definition) is 5. The van der Waals surface area contributed by atoms with Gasteiger partial charge < -0.3 is 15.2 Å². The van der Waals surface area contributed by atoms with Gasteiger partial charge in [0.1, 0.15) is 0 Å². The highest BCUT2D eigenvalue weighted by Gasteiger charge is 2.31. The van der Waals surface area contributed by atoms with Gasteiger partial charge in [0.25, 0.3) is 0 Å². The van der Waals surface area contributed by atoms with Gasteiger partial charge >= 0.3 is 11.9 Å². The van der Waals surface area contributed by atoms with Crippen LogP contribution in [0.4, 0.5) is 0 Å². The Morgan fingerprint density at radius 3 is 2.21 bits per heavy atom. The van der Waals surface area contributed by atoms with Crippen LogP contribution in [-0.4, -0.2) is 25.2 Å². The van der Waals surface area contributed by atoms with Crippen LogP contribution in [0.15, 0.2) is 24.3 Å². The minimum absolute atomic E-state index is 0.214. The third-order valence-corrected chi connectivity index (χ3v) is 2.56. The average Bonchev–Trinajstić information content (AvgIpc) is 2.40. The number of esters is 2. The molecule has 19 heavy (non-hydrogen) atoms. The molecule has 104 valence electrons. The van der Waals surface area contributed by atoms with E-state index in [1.54, 1.807) is 32.0 Å². The summed E-state index contributed by atoms with van der Waals surface area (Å²) < 4.78 is 9.86. The normalized spacial score (nSPS) is 10.3. The van der Waals surface area contributed by atoms with Gasteiger partial charge in [0.15, 0.2) is 5.92 Å². The maximum Gasteiger partial charge on any atom is 0.324 e. The summed E-state index contributed by atoms with van der Waals surface area (Å²) >= 11 is 0. The van der Waals surface area contributed by atoms with Crippen molar-refractivity contribution in [3.05, 3.63) is 35.4 Å². The van der Waals surface area contributed by atoms with Crippen molar-refractivity contribution in [3.63, 3.8) is 0 Å². The molecule has 1 aromatic rings. The van der Waals surface area contributed by atoms with Crippen LogP contribution < -0.4 is 5.73 Å². The summed E-state index contributed by atoms with van der Waals surface area (Å²) in [6.45, 7) is 4.15. The second-order valence-electron chi connectivity index (χ2n) is 3.89. The van der Waals surface area contributed by atoms with Gasteiger partial charge in [0.05, 0.1) is 13.2 Å². The zero-order valence-corrected chi connectivity index (χ0v) is 11.2. The highest BCUT2D eigenvalue weighted by molar-refractivity contribution is 6.00. The summed E-state index contributed by atoms with van der Waals surface area (Å²) in [5, 5.41) is 0. The number of nitrogens with two attached hydrogens (primary N) is 1. The summed E-state index contributed by atoms with van der Waals surface area (Å²) in [7, 11) is 0. The average molecular weight is 265 g/mol. The molecule has 5 nitrogen and oxygen atoms in total. The molecule has 0 heterocycles. The van der Waals surface area contributed by atoms with E-state index in [2.05, 4.69) is 0 Å². The standard InChI is InChI=1S/C14H19NO4/c1-3-18-13(16)12(14(17)19-4-2)11-7-5-6-10(8-11)9-15/h5-8,12H,3-4,9,15H2,1-2H3. The molecular weight excluding hydrogens is 246 g/mol. The van der Waals surface area contributed by atoms with Crippen molar-refractivity contribution >= 4 is 11.9 Å².